The Morgan fingerprint density at radius 1 is 1.42 bits per heavy atom. The average Bonchev–Trinajstić information content (AvgIpc) is 3.28. The summed E-state index contributed by atoms with van der Waals surface area (Å²) in [5, 5.41) is 9.14. The molecule has 1 unspecified atom stereocenters. The molecule has 1 aliphatic heterocycles. The van der Waals surface area contributed by atoms with Crippen LogP contribution in [0.25, 0.3) is 11.6 Å². The minimum atomic E-state index is 0.118. The van der Waals surface area contributed by atoms with Gasteiger partial charge >= 0.3 is 0 Å². The van der Waals surface area contributed by atoms with Crippen molar-refractivity contribution >= 4 is 17.7 Å². The van der Waals surface area contributed by atoms with Gasteiger partial charge in [0.15, 0.2) is 16.7 Å². The molecule has 0 aromatic carbocycles. The minimum absolute atomic E-state index is 0.118. The molecule has 1 saturated heterocycles. The van der Waals surface area contributed by atoms with Crippen LogP contribution in [0.3, 0.4) is 0 Å². The molecule has 1 atom stereocenters. The molecule has 0 spiro atoms. The SMILES string of the molecule is CCC1CN(C(=O)CSc2nnc(-c3ccco3)n2CC)CCO1. The van der Waals surface area contributed by atoms with Crippen LogP contribution >= 0.6 is 11.8 Å². The predicted octanol–water partition coefficient (Wildman–Crippen LogP) is 2.29. The van der Waals surface area contributed by atoms with E-state index in [1.807, 2.05) is 28.5 Å². The number of ether oxygens (including phenoxy) is 1. The van der Waals surface area contributed by atoms with E-state index >= 15 is 0 Å². The van der Waals surface area contributed by atoms with Crippen LogP contribution in [0.2, 0.25) is 0 Å². The number of hydrogen-bond donors (Lipinski definition) is 0. The van der Waals surface area contributed by atoms with Crippen LogP contribution in [0.4, 0.5) is 0 Å². The topological polar surface area (TPSA) is 73.4 Å². The highest BCUT2D eigenvalue weighted by Gasteiger charge is 2.24. The lowest BCUT2D eigenvalue weighted by molar-refractivity contribution is -0.135. The zero-order chi connectivity index (χ0) is 16.9. The largest absolute Gasteiger partial charge is 0.461 e. The van der Waals surface area contributed by atoms with Crippen molar-refractivity contribution in [2.45, 2.75) is 38.1 Å². The summed E-state index contributed by atoms with van der Waals surface area (Å²) >= 11 is 1.42. The maximum absolute atomic E-state index is 12.4. The van der Waals surface area contributed by atoms with Crippen LogP contribution in [-0.4, -0.2) is 57.1 Å². The number of hydrogen-bond acceptors (Lipinski definition) is 6. The first-order valence-electron chi connectivity index (χ1n) is 8.22. The number of morpholine rings is 1. The first kappa shape index (κ1) is 17.0. The highest BCUT2D eigenvalue weighted by Crippen LogP contribution is 2.24. The molecule has 0 radical (unpaired) electrons. The van der Waals surface area contributed by atoms with Crippen LogP contribution in [0.5, 0.6) is 0 Å². The zero-order valence-electron chi connectivity index (χ0n) is 14.0. The molecule has 7 nitrogen and oxygen atoms in total. The molecule has 1 amide bonds. The van der Waals surface area contributed by atoms with Crippen LogP contribution in [0, 0.1) is 0 Å². The van der Waals surface area contributed by atoms with Crippen molar-refractivity contribution in [3.05, 3.63) is 18.4 Å². The number of aromatic nitrogens is 3. The Balaban J connectivity index is 1.63. The molecule has 8 heteroatoms. The van der Waals surface area contributed by atoms with Gasteiger partial charge in [-0.1, -0.05) is 18.7 Å². The van der Waals surface area contributed by atoms with Gasteiger partial charge in [-0.05, 0) is 25.5 Å². The van der Waals surface area contributed by atoms with E-state index in [2.05, 4.69) is 17.1 Å². The molecule has 2 aromatic rings. The molecule has 24 heavy (non-hydrogen) atoms. The van der Waals surface area contributed by atoms with Crippen LogP contribution in [-0.2, 0) is 16.1 Å². The Morgan fingerprint density at radius 3 is 3.00 bits per heavy atom. The Hall–Kier alpha value is -1.80. The van der Waals surface area contributed by atoms with Crippen molar-refractivity contribution in [1.29, 1.82) is 0 Å². The van der Waals surface area contributed by atoms with E-state index in [0.717, 1.165) is 18.1 Å². The fourth-order valence-electron chi connectivity index (χ4n) is 2.68. The molecular weight excluding hydrogens is 328 g/mol. The Kier molecular flexibility index (Phi) is 5.57. The molecule has 3 heterocycles. The van der Waals surface area contributed by atoms with E-state index in [1.165, 1.54) is 11.8 Å². The van der Waals surface area contributed by atoms with E-state index in [0.29, 0.717) is 37.0 Å². The summed E-state index contributed by atoms with van der Waals surface area (Å²) in [5.74, 6) is 1.84. The smallest absolute Gasteiger partial charge is 0.233 e. The van der Waals surface area contributed by atoms with Crippen LogP contribution in [0.15, 0.2) is 28.0 Å². The first-order chi connectivity index (χ1) is 11.7. The van der Waals surface area contributed by atoms with Gasteiger partial charge < -0.3 is 14.1 Å². The van der Waals surface area contributed by atoms with Crippen LogP contribution < -0.4 is 0 Å². The molecular formula is C16H22N4O3S. The van der Waals surface area contributed by atoms with Gasteiger partial charge in [0.2, 0.25) is 5.91 Å². The predicted molar refractivity (Wildman–Crippen MR) is 90.7 cm³/mol. The Bertz CT molecular complexity index is 671. The van der Waals surface area contributed by atoms with E-state index in [4.69, 9.17) is 9.15 Å². The second-order valence-corrected chi connectivity index (χ2v) is 6.50. The normalized spacial score (nSPS) is 18.1. The molecule has 2 aromatic heterocycles. The monoisotopic (exact) mass is 350 g/mol. The second kappa shape index (κ2) is 7.85. The third-order valence-electron chi connectivity index (χ3n) is 4.05. The molecule has 1 aliphatic rings. The van der Waals surface area contributed by atoms with Crippen molar-refractivity contribution in [1.82, 2.24) is 19.7 Å². The number of furan rings is 1. The van der Waals surface area contributed by atoms with Crippen molar-refractivity contribution in [3.8, 4) is 11.6 Å². The van der Waals surface area contributed by atoms with Gasteiger partial charge in [-0.2, -0.15) is 0 Å². The number of thioether (sulfide) groups is 1. The lowest BCUT2D eigenvalue weighted by atomic mass is 10.2. The standard InChI is InChI=1S/C16H22N4O3S/c1-3-12-10-19(7-9-22-12)14(21)11-24-16-18-17-15(20(16)4-2)13-6-5-8-23-13/h5-6,8,12H,3-4,7,9-11H2,1-2H3. The van der Waals surface area contributed by atoms with Gasteiger partial charge in [0, 0.05) is 19.6 Å². The third-order valence-corrected chi connectivity index (χ3v) is 5.00. The molecule has 3 rings (SSSR count). The fourth-order valence-corrected chi connectivity index (χ4v) is 3.58. The maximum atomic E-state index is 12.4. The van der Waals surface area contributed by atoms with Crippen LogP contribution in [0.1, 0.15) is 20.3 Å². The van der Waals surface area contributed by atoms with Crippen molar-refractivity contribution in [2.24, 2.45) is 0 Å². The lowest BCUT2D eigenvalue weighted by Gasteiger charge is -2.32. The molecule has 0 N–H and O–H groups in total. The van der Waals surface area contributed by atoms with Gasteiger partial charge in [0.25, 0.3) is 0 Å². The van der Waals surface area contributed by atoms with Gasteiger partial charge in [-0.25, -0.2) is 0 Å². The van der Waals surface area contributed by atoms with Gasteiger partial charge in [0.05, 0.1) is 24.7 Å². The second-order valence-electron chi connectivity index (χ2n) is 5.56. The summed E-state index contributed by atoms with van der Waals surface area (Å²) in [7, 11) is 0. The highest BCUT2D eigenvalue weighted by molar-refractivity contribution is 7.99. The molecule has 0 saturated carbocycles. The van der Waals surface area contributed by atoms with Gasteiger partial charge in [0.1, 0.15) is 0 Å². The molecule has 0 bridgehead atoms. The van der Waals surface area contributed by atoms with E-state index in [1.54, 1.807) is 6.26 Å². The number of carbonyl (C=O) groups excluding carboxylic acids is 1. The summed E-state index contributed by atoms with van der Waals surface area (Å²) in [4.78, 5) is 14.3. The Morgan fingerprint density at radius 2 is 2.29 bits per heavy atom. The van der Waals surface area contributed by atoms with Crippen molar-refractivity contribution in [3.63, 3.8) is 0 Å². The van der Waals surface area contributed by atoms with E-state index in [9.17, 15) is 4.79 Å². The zero-order valence-corrected chi connectivity index (χ0v) is 14.8. The number of nitrogens with zero attached hydrogens (tertiary/aromatic N) is 4. The number of amides is 1. The lowest BCUT2D eigenvalue weighted by Crippen LogP contribution is -2.46. The highest BCUT2D eigenvalue weighted by atomic mass is 32.2. The van der Waals surface area contributed by atoms with Crippen molar-refractivity contribution < 1.29 is 13.9 Å². The number of carbonyl (C=O) groups is 1. The maximum Gasteiger partial charge on any atom is 0.233 e. The minimum Gasteiger partial charge on any atom is -0.461 e. The average molecular weight is 350 g/mol. The first-order valence-corrected chi connectivity index (χ1v) is 9.20. The summed E-state index contributed by atoms with van der Waals surface area (Å²) < 4.78 is 13.0. The van der Waals surface area contributed by atoms with Gasteiger partial charge in [-0.3, -0.25) is 9.36 Å². The van der Waals surface area contributed by atoms with Gasteiger partial charge in [-0.15, -0.1) is 10.2 Å². The Labute approximate surface area is 145 Å². The summed E-state index contributed by atoms with van der Waals surface area (Å²) in [6.45, 7) is 6.77. The fraction of sp³-hybridized carbons (Fsp3) is 0.562. The van der Waals surface area contributed by atoms with Crippen molar-refractivity contribution in [2.75, 3.05) is 25.4 Å². The quantitative estimate of drug-likeness (QED) is 0.744. The molecule has 1 fully saturated rings. The number of rotatable bonds is 6. The van der Waals surface area contributed by atoms with E-state index < -0.39 is 0 Å². The summed E-state index contributed by atoms with van der Waals surface area (Å²) in [6, 6.07) is 3.68. The third kappa shape index (κ3) is 3.64. The summed E-state index contributed by atoms with van der Waals surface area (Å²) in [5.41, 5.74) is 0. The molecule has 0 aliphatic carbocycles. The van der Waals surface area contributed by atoms with E-state index in [-0.39, 0.29) is 12.0 Å². The summed E-state index contributed by atoms with van der Waals surface area (Å²) in [6.07, 6.45) is 2.69. The molecule has 130 valence electrons.